The van der Waals surface area contributed by atoms with Crippen molar-refractivity contribution in [3.05, 3.63) is 75.5 Å². The van der Waals surface area contributed by atoms with Gasteiger partial charge in [0.2, 0.25) is 5.91 Å². The maximum atomic E-state index is 13.6. The van der Waals surface area contributed by atoms with Gasteiger partial charge in [0.15, 0.2) is 0 Å². The number of hydrogen-bond donors (Lipinski definition) is 1. The fraction of sp³-hybridized carbons (Fsp3) is 0.217. The van der Waals surface area contributed by atoms with Crippen molar-refractivity contribution < 1.29 is 22.7 Å². The molecular formula is C23H24N2O5S2. The Labute approximate surface area is 191 Å². The molecule has 32 heavy (non-hydrogen) atoms. The fourth-order valence-electron chi connectivity index (χ4n) is 3.09. The van der Waals surface area contributed by atoms with Crippen LogP contribution in [0, 0.1) is 20.8 Å². The van der Waals surface area contributed by atoms with Crippen LogP contribution in [-0.4, -0.2) is 33.9 Å². The number of rotatable bonds is 7. The first-order valence-electron chi connectivity index (χ1n) is 9.76. The van der Waals surface area contributed by atoms with Crippen LogP contribution in [0.5, 0.6) is 0 Å². The Hall–Kier alpha value is -3.17. The van der Waals surface area contributed by atoms with Gasteiger partial charge in [0.05, 0.1) is 12.8 Å². The average molecular weight is 473 g/mol. The molecule has 3 rings (SSSR count). The SMILES string of the molecule is COC(=O)c1sccc1S(=O)(=O)N(CC(=O)Nc1ccccc1C)c1ccc(C)c(C)c1. The molecule has 0 aliphatic heterocycles. The summed E-state index contributed by atoms with van der Waals surface area (Å²) in [6.07, 6.45) is 0. The molecular weight excluding hydrogens is 448 g/mol. The highest BCUT2D eigenvalue weighted by Crippen LogP contribution is 2.30. The first-order valence-corrected chi connectivity index (χ1v) is 12.1. The number of esters is 1. The molecule has 0 spiro atoms. The summed E-state index contributed by atoms with van der Waals surface area (Å²) in [6.45, 7) is 5.16. The third-order valence-electron chi connectivity index (χ3n) is 5.05. The summed E-state index contributed by atoms with van der Waals surface area (Å²) < 4.78 is 33.0. The number of nitrogens with one attached hydrogen (secondary N) is 1. The highest BCUT2D eigenvalue weighted by Gasteiger charge is 2.32. The monoisotopic (exact) mass is 472 g/mol. The van der Waals surface area contributed by atoms with Gasteiger partial charge in [-0.15, -0.1) is 11.3 Å². The quantitative estimate of drug-likeness (QED) is 0.518. The summed E-state index contributed by atoms with van der Waals surface area (Å²) in [6, 6.07) is 13.7. The van der Waals surface area contributed by atoms with Gasteiger partial charge in [0.25, 0.3) is 10.0 Å². The summed E-state index contributed by atoms with van der Waals surface area (Å²) in [5.74, 6) is -1.25. The summed E-state index contributed by atoms with van der Waals surface area (Å²) in [4.78, 5) is 24.8. The minimum absolute atomic E-state index is 0.0411. The molecule has 1 aromatic heterocycles. The number of hydrogen-bond acceptors (Lipinski definition) is 6. The van der Waals surface area contributed by atoms with Gasteiger partial charge in [-0.25, -0.2) is 13.2 Å². The molecule has 9 heteroatoms. The van der Waals surface area contributed by atoms with E-state index >= 15 is 0 Å². The molecule has 0 radical (unpaired) electrons. The molecule has 0 saturated carbocycles. The first-order chi connectivity index (χ1) is 15.1. The van der Waals surface area contributed by atoms with E-state index in [0.717, 1.165) is 32.3 Å². The van der Waals surface area contributed by atoms with Crippen molar-refractivity contribution in [2.75, 3.05) is 23.3 Å². The normalized spacial score (nSPS) is 11.1. The smallest absolute Gasteiger partial charge is 0.349 e. The van der Waals surface area contributed by atoms with E-state index in [4.69, 9.17) is 4.74 Å². The lowest BCUT2D eigenvalue weighted by atomic mass is 10.1. The highest BCUT2D eigenvalue weighted by molar-refractivity contribution is 7.93. The van der Waals surface area contributed by atoms with Crippen LogP contribution in [0.4, 0.5) is 11.4 Å². The lowest BCUT2D eigenvalue weighted by molar-refractivity contribution is -0.114. The van der Waals surface area contributed by atoms with Crippen molar-refractivity contribution in [1.82, 2.24) is 0 Å². The molecule has 2 aromatic carbocycles. The lowest BCUT2D eigenvalue weighted by Gasteiger charge is -2.25. The van der Waals surface area contributed by atoms with Crippen LogP contribution in [-0.2, 0) is 19.6 Å². The Morgan fingerprint density at radius 2 is 1.72 bits per heavy atom. The van der Waals surface area contributed by atoms with E-state index in [1.807, 2.05) is 32.9 Å². The van der Waals surface area contributed by atoms with E-state index in [-0.39, 0.29) is 9.77 Å². The zero-order valence-corrected chi connectivity index (χ0v) is 19.8. The number of nitrogens with zero attached hydrogens (tertiary/aromatic N) is 1. The van der Waals surface area contributed by atoms with E-state index in [0.29, 0.717) is 11.4 Å². The molecule has 7 nitrogen and oxygen atoms in total. The second-order valence-corrected chi connectivity index (χ2v) is 10.00. The van der Waals surface area contributed by atoms with Gasteiger partial charge < -0.3 is 10.1 Å². The standard InChI is InChI=1S/C23H24N2O5S2/c1-15-9-10-18(13-17(15)3)25(14-21(26)24-19-8-6-5-7-16(19)2)32(28,29)20-11-12-31-22(20)23(27)30-4/h5-13H,14H2,1-4H3,(H,24,26). The van der Waals surface area contributed by atoms with Crippen LogP contribution in [0.1, 0.15) is 26.4 Å². The number of amides is 1. The minimum atomic E-state index is -4.24. The van der Waals surface area contributed by atoms with E-state index in [9.17, 15) is 18.0 Å². The molecule has 0 saturated heterocycles. The molecule has 0 unspecified atom stereocenters. The molecule has 168 valence electrons. The number of thiophene rings is 1. The van der Waals surface area contributed by atoms with Gasteiger partial charge in [0.1, 0.15) is 16.3 Å². The van der Waals surface area contributed by atoms with Crippen molar-refractivity contribution in [1.29, 1.82) is 0 Å². The van der Waals surface area contributed by atoms with Gasteiger partial charge in [-0.05, 0) is 67.1 Å². The zero-order valence-electron chi connectivity index (χ0n) is 18.2. The number of carbonyl (C=O) groups is 2. The first kappa shape index (κ1) is 23.5. The third kappa shape index (κ3) is 4.84. The molecule has 1 N–H and O–H groups in total. The zero-order chi connectivity index (χ0) is 23.5. The topological polar surface area (TPSA) is 92.8 Å². The molecule has 0 aliphatic carbocycles. The number of sulfonamides is 1. The fourth-order valence-corrected chi connectivity index (χ4v) is 5.81. The second-order valence-electron chi connectivity index (χ2n) is 7.25. The van der Waals surface area contributed by atoms with Gasteiger partial charge >= 0.3 is 5.97 Å². The number of benzene rings is 2. The summed E-state index contributed by atoms with van der Waals surface area (Å²) in [7, 11) is -3.05. The number of carbonyl (C=O) groups excluding carboxylic acids is 2. The lowest BCUT2D eigenvalue weighted by Crippen LogP contribution is -2.38. The van der Waals surface area contributed by atoms with Crippen LogP contribution >= 0.6 is 11.3 Å². The Bertz CT molecular complexity index is 1260. The van der Waals surface area contributed by atoms with E-state index in [1.165, 1.54) is 18.6 Å². The molecule has 1 amide bonds. The number of methoxy groups -OCH3 is 1. The van der Waals surface area contributed by atoms with Crippen LogP contribution in [0.2, 0.25) is 0 Å². The largest absolute Gasteiger partial charge is 0.465 e. The Kier molecular flexibility index (Phi) is 7.00. The Morgan fingerprint density at radius 3 is 2.38 bits per heavy atom. The molecule has 1 heterocycles. The Balaban J connectivity index is 2.04. The number of ether oxygens (including phenoxy) is 1. The summed E-state index contributed by atoms with van der Waals surface area (Å²) >= 11 is 0.970. The van der Waals surface area contributed by atoms with Crippen molar-refractivity contribution in [3.8, 4) is 0 Å². The van der Waals surface area contributed by atoms with Gasteiger partial charge in [-0.1, -0.05) is 24.3 Å². The van der Waals surface area contributed by atoms with Crippen LogP contribution in [0.25, 0.3) is 0 Å². The maximum Gasteiger partial charge on any atom is 0.349 e. The van der Waals surface area contributed by atoms with E-state index in [2.05, 4.69) is 5.32 Å². The van der Waals surface area contributed by atoms with Crippen molar-refractivity contribution in [2.24, 2.45) is 0 Å². The molecule has 0 bridgehead atoms. The predicted molar refractivity (Wildman–Crippen MR) is 126 cm³/mol. The summed E-state index contributed by atoms with van der Waals surface area (Å²) in [5.41, 5.74) is 3.64. The van der Waals surface area contributed by atoms with Crippen LogP contribution < -0.4 is 9.62 Å². The Morgan fingerprint density at radius 1 is 1.00 bits per heavy atom. The van der Waals surface area contributed by atoms with Crippen molar-refractivity contribution in [2.45, 2.75) is 25.7 Å². The molecule has 3 aromatic rings. The minimum Gasteiger partial charge on any atom is -0.465 e. The van der Waals surface area contributed by atoms with Crippen molar-refractivity contribution >= 4 is 44.6 Å². The van der Waals surface area contributed by atoms with Gasteiger partial charge in [-0.2, -0.15) is 0 Å². The second kappa shape index (κ2) is 9.54. The predicted octanol–water partition coefficient (Wildman–Crippen LogP) is 4.29. The van der Waals surface area contributed by atoms with Gasteiger partial charge in [-0.3, -0.25) is 9.10 Å². The number of para-hydroxylation sites is 1. The molecule has 0 aliphatic rings. The van der Waals surface area contributed by atoms with Crippen LogP contribution in [0.3, 0.4) is 0 Å². The number of aryl methyl sites for hydroxylation is 3. The van der Waals surface area contributed by atoms with Gasteiger partial charge in [0, 0.05) is 5.69 Å². The van der Waals surface area contributed by atoms with E-state index < -0.39 is 28.4 Å². The molecule has 0 fully saturated rings. The van der Waals surface area contributed by atoms with Crippen molar-refractivity contribution in [3.63, 3.8) is 0 Å². The van der Waals surface area contributed by atoms with Crippen LogP contribution in [0.15, 0.2) is 58.8 Å². The highest BCUT2D eigenvalue weighted by atomic mass is 32.2. The third-order valence-corrected chi connectivity index (χ3v) is 7.89. The molecule has 0 atom stereocenters. The van der Waals surface area contributed by atoms with E-state index in [1.54, 1.807) is 30.3 Å². The average Bonchev–Trinajstić information content (AvgIpc) is 3.26. The maximum absolute atomic E-state index is 13.6. The number of anilines is 2. The summed E-state index contributed by atoms with van der Waals surface area (Å²) in [5, 5.41) is 4.27.